The third kappa shape index (κ3) is 4.75. The number of hydrogen-bond donors (Lipinski definition) is 1. The van der Waals surface area contributed by atoms with Gasteiger partial charge in [-0.15, -0.1) is 0 Å². The molecular weight excluding hydrogens is 395 g/mol. The second kappa shape index (κ2) is 9.27. The second-order valence-corrected chi connectivity index (χ2v) is 7.85. The third-order valence-corrected chi connectivity index (χ3v) is 5.95. The van der Waals surface area contributed by atoms with Gasteiger partial charge >= 0.3 is 5.97 Å². The van der Waals surface area contributed by atoms with Crippen LogP contribution in [0, 0.1) is 5.82 Å². The number of fused-ring (bicyclic) bond motifs is 1. The Morgan fingerprint density at radius 3 is 2.29 bits per heavy atom. The topological polar surface area (TPSA) is 60.9 Å². The Labute approximate surface area is 180 Å². The molecule has 1 aliphatic heterocycles. The number of piperazine rings is 1. The maximum Gasteiger partial charge on any atom is 0.303 e. The standard InChI is InChI=1S/C25H25FN2O3/c26-20-10-8-19(9-11-20)23(12-13-24(29)30)27-14-16-28(17-15-27)25(31)22-7-3-5-18-4-1-2-6-21(18)22/h1-11,23H,12-17H2,(H,29,30)/t23-/m1/s1. The first kappa shape index (κ1) is 21.0. The predicted molar refractivity (Wildman–Crippen MR) is 117 cm³/mol. The van der Waals surface area contributed by atoms with Crippen LogP contribution in [0.25, 0.3) is 10.8 Å². The van der Waals surface area contributed by atoms with Crippen LogP contribution in [-0.4, -0.2) is 53.0 Å². The largest absolute Gasteiger partial charge is 0.481 e. The number of hydrogen-bond acceptors (Lipinski definition) is 3. The van der Waals surface area contributed by atoms with Gasteiger partial charge in [-0.2, -0.15) is 0 Å². The van der Waals surface area contributed by atoms with Gasteiger partial charge in [0.2, 0.25) is 0 Å². The zero-order chi connectivity index (χ0) is 21.8. The summed E-state index contributed by atoms with van der Waals surface area (Å²) in [6.07, 6.45) is 0.482. The average molecular weight is 420 g/mol. The molecule has 1 fully saturated rings. The van der Waals surface area contributed by atoms with E-state index in [0.717, 1.165) is 16.3 Å². The van der Waals surface area contributed by atoms with Crippen molar-refractivity contribution in [3.8, 4) is 0 Å². The van der Waals surface area contributed by atoms with Crippen molar-refractivity contribution in [2.45, 2.75) is 18.9 Å². The van der Waals surface area contributed by atoms with Crippen LogP contribution >= 0.6 is 0 Å². The fourth-order valence-electron chi connectivity index (χ4n) is 4.32. The van der Waals surface area contributed by atoms with Crippen LogP contribution in [0.1, 0.15) is 34.8 Å². The van der Waals surface area contributed by atoms with E-state index < -0.39 is 5.97 Å². The van der Waals surface area contributed by atoms with Crippen LogP contribution < -0.4 is 0 Å². The number of carbonyl (C=O) groups excluding carboxylic acids is 1. The van der Waals surface area contributed by atoms with Crippen molar-refractivity contribution >= 4 is 22.6 Å². The lowest BCUT2D eigenvalue weighted by Gasteiger charge is -2.39. The van der Waals surface area contributed by atoms with Gasteiger partial charge in [0, 0.05) is 44.2 Å². The van der Waals surface area contributed by atoms with Gasteiger partial charge in [0.05, 0.1) is 0 Å². The Balaban J connectivity index is 1.48. The maximum absolute atomic E-state index is 13.4. The van der Waals surface area contributed by atoms with E-state index in [2.05, 4.69) is 4.90 Å². The molecule has 1 heterocycles. The highest BCUT2D eigenvalue weighted by atomic mass is 19.1. The van der Waals surface area contributed by atoms with E-state index in [4.69, 9.17) is 5.11 Å². The number of benzene rings is 3. The van der Waals surface area contributed by atoms with Gasteiger partial charge < -0.3 is 10.0 Å². The Kier molecular flexibility index (Phi) is 6.28. The molecule has 3 aromatic rings. The number of carbonyl (C=O) groups is 2. The number of rotatable bonds is 6. The van der Waals surface area contributed by atoms with Gasteiger partial charge in [-0.05, 0) is 41.0 Å². The summed E-state index contributed by atoms with van der Waals surface area (Å²) >= 11 is 0. The molecule has 3 aromatic carbocycles. The molecule has 0 unspecified atom stereocenters. The molecule has 1 aliphatic rings. The van der Waals surface area contributed by atoms with Crippen LogP contribution in [0.4, 0.5) is 4.39 Å². The number of carboxylic acid groups (broad SMARTS) is 1. The van der Waals surface area contributed by atoms with Crippen LogP contribution in [0.2, 0.25) is 0 Å². The fourth-order valence-corrected chi connectivity index (χ4v) is 4.32. The van der Waals surface area contributed by atoms with Gasteiger partial charge in [0.1, 0.15) is 5.82 Å². The summed E-state index contributed by atoms with van der Waals surface area (Å²) in [4.78, 5) is 28.4. The molecule has 0 aromatic heterocycles. The van der Waals surface area contributed by atoms with Crippen LogP contribution in [-0.2, 0) is 4.79 Å². The first-order valence-corrected chi connectivity index (χ1v) is 10.5. The molecule has 1 atom stereocenters. The summed E-state index contributed by atoms with van der Waals surface area (Å²) in [6.45, 7) is 2.40. The van der Waals surface area contributed by atoms with Crippen molar-refractivity contribution in [1.82, 2.24) is 9.80 Å². The number of amides is 1. The van der Waals surface area contributed by atoms with Crippen molar-refractivity contribution in [1.29, 1.82) is 0 Å². The molecular formula is C25H25FN2O3. The monoisotopic (exact) mass is 420 g/mol. The van der Waals surface area contributed by atoms with Crippen LogP contribution in [0.5, 0.6) is 0 Å². The highest BCUT2D eigenvalue weighted by Gasteiger charge is 2.28. The summed E-state index contributed by atoms with van der Waals surface area (Å²) in [5.74, 6) is -1.15. The van der Waals surface area contributed by atoms with E-state index >= 15 is 0 Å². The molecule has 0 spiro atoms. The van der Waals surface area contributed by atoms with Gasteiger partial charge in [-0.1, -0.05) is 48.5 Å². The summed E-state index contributed by atoms with van der Waals surface area (Å²) in [7, 11) is 0. The van der Waals surface area contributed by atoms with Crippen molar-refractivity contribution in [2.24, 2.45) is 0 Å². The molecule has 160 valence electrons. The zero-order valence-corrected chi connectivity index (χ0v) is 17.2. The predicted octanol–water partition coefficient (Wildman–Crippen LogP) is 4.34. The van der Waals surface area contributed by atoms with E-state index in [9.17, 15) is 14.0 Å². The Hall–Kier alpha value is -3.25. The van der Waals surface area contributed by atoms with Crippen LogP contribution in [0.3, 0.4) is 0 Å². The maximum atomic E-state index is 13.4. The average Bonchev–Trinajstić information content (AvgIpc) is 2.80. The van der Waals surface area contributed by atoms with Crippen molar-refractivity contribution in [2.75, 3.05) is 26.2 Å². The molecule has 0 bridgehead atoms. The lowest BCUT2D eigenvalue weighted by Crippen LogP contribution is -2.49. The molecule has 1 amide bonds. The first-order chi connectivity index (χ1) is 15.0. The highest BCUT2D eigenvalue weighted by molar-refractivity contribution is 6.07. The lowest BCUT2D eigenvalue weighted by atomic mass is 9.99. The second-order valence-electron chi connectivity index (χ2n) is 7.85. The van der Waals surface area contributed by atoms with E-state index in [-0.39, 0.29) is 24.2 Å². The van der Waals surface area contributed by atoms with E-state index in [1.54, 1.807) is 12.1 Å². The Morgan fingerprint density at radius 2 is 1.58 bits per heavy atom. The summed E-state index contributed by atoms with van der Waals surface area (Å²) in [6, 6.07) is 19.8. The van der Waals surface area contributed by atoms with Crippen molar-refractivity contribution in [3.05, 3.63) is 83.7 Å². The molecule has 0 saturated carbocycles. The minimum atomic E-state index is -0.850. The lowest BCUT2D eigenvalue weighted by molar-refractivity contribution is -0.137. The van der Waals surface area contributed by atoms with E-state index in [1.807, 2.05) is 47.4 Å². The van der Waals surface area contributed by atoms with Gasteiger partial charge in [0.15, 0.2) is 0 Å². The minimum absolute atomic E-state index is 0.0142. The Bertz CT molecular complexity index is 1070. The molecule has 1 N–H and O–H groups in total. The molecule has 0 aliphatic carbocycles. The summed E-state index contributed by atoms with van der Waals surface area (Å²) < 4.78 is 13.4. The van der Waals surface area contributed by atoms with E-state index in [1.165, 1.54) is 12.1 Å². The summed E-state index contributed by atoms with van der Waals surface area (Å²) in [5.41, 5.74) is 1.60. The van der Waals surface area contributed by atoms with Gasteiger partial charge in [0.25, 0.3) is 5.91 Å². The van der Waals surface area contributed by atoms with Crippen molar-refractivity contribution < 1.29 is 19.1 Å². The quantitative estimate of drug-likeness (QED) is 0.644. The number of aliphatic carboxylic acids is 1. The number of halogens is 1. The first-order valence-electron chi connectivity index (χ1n) is 10.5. The third-order valence-electron chi connectivity index (χ3n) is 5.95. The molecule has 0 radical (unpaired) electrons. The fraction of sp³-hybridized carbons (Fsp3) is 0.280. The Morgan fingerprint density at radius 1 is 0.903 bits per heavy atom. The number of carboxylic acids is 1. The van der Waals surface area contributed by atoms with Crippen molar-refractivity contribution in [3.63, 3.8) is 0 Å². The molecule has 1 saturated heterocycles. The SMILES string of the molecule is O=C(O)CC[C@H](c1ccc(F)cc1)N1CCN(C(=O)c2cccc3ccccc23)CC1. The van der Waals surface area contributed by atoms with Gasteiger partial charge in [-0.3, -0.25) is 14.5 Å². The zero-order valence-electron chi connectivity index (χ0n) is 17.2. The molecule has 31 heavy (non-hydrogen) atoms. The minimum Gasteiger partial charge on any atom is -0.481 e. The normalized spacial score (nSPS) is 15.7. The smallest absolute Gasteiger partial charge is 0.303 e. The highest BCUT2D eigenvalue weighted by Crippen LogP contribution is 2.28. The summed E-state index contributed by atoms with van der Waals surface area (Å²) in [5, 5.41) is 11.1. The van der Waals surface area contributed by atoms with Gasteiger partial charge in [-0.25, -0.2) is 4.39 Å². The van der Waals surface area contributed by atoms with Crippen LogP contribution in [0.15, 0.2) is 66.7 Å². The molecule has 4 rings (SSSR count). The van der Waals surface area contributed by atoms with E-state index in [0.29, 0.717) is 38.2 Å². The molecule has 5 nitrogen and oxygen atoms in total. The number of nitrogens with zero attached hydrogens (tertiary/aromatic N) is 2. The molecule has 6 heteroatoms.